The lowest BCUT2D eigenvalue weighted by Crippen LogP contribution is -2.39. The molecule has 0 radical (unpaired) electrons. The van der Waals surface area contributed by atoms with Crippen LogP contribution in [0.5, 0.6) is 5.88 Å². The van der Waals surface area contributed by atoms with Crippen molar-refractivity contribution >= 4 is 28.4 Å². The fourth-order valence-corrected chi connectivity index (χ4v) is 3.64. The number of nitrogens with zero attached hydrogens (tertiary/aromatic N) is 3. The predicted molar refractivity (Wildman–Crippen MR) is 111 cm³/mol. The van der Waals surface area contributed by atoms with Gasteiger partial charge < -0.3 is 15.0 Å². The minimum atomic E-state index is -0.724. The van der Waals surface area contributed by atoms with Crippen molar-refractivity contribution in [2.75, 3.05) is 29.9 Å². The maximum Gasteiger partial charge on any atom is 0.258 e. The molecule has 0 aliphatic carbocycles. The van der Waals surface area contributed by atoms with E-state index >= 15 is 0 Å². The Hall–Kier alpha value is -3.29. The molecular weight excluding hydrogens is 390 g/mol. The van der Waals surface area contributed by atoms with Gasteiger partial charge in [0.1, 0.15) is 11.6 Å². The van der Waals surface area contributed by atoms with E-state index in [9.17, 15) is 13.6 Å². The van der Waals surface area contributed by atoms with Crippen LogP contribution in [0.2, 0.25) is 0 Å². The van der Waals surface area contributed by atoms with E-state index in [1.54, 1.807) is 0 Å². The van der Waals surface area contributed by atoms with Crippen LogP contribution < -0.4 is 15.0 Å². The number of ether oxygens (including phenoxy) is 1. The van der Waals surface area contributed by atoms with Crippen molar-refractivity contribution in [1.82, 2.24) is 9.97 Å². The molecule has 156 valence electrons. The first-order valence-corrected chi connectivity index (χ1v) is 9.95. The number of rotatable bonds is 5. The molecule has 1 aromatic heterocycles. The molecule has 0 atom stereocenters. The Morgan fingerprint density at radius 3 is 2.37 bits per heavy atom. The van der Waals surface area contributed by atoms with Gasteiger partial charge in [-0.05, 0) is 44.0 Å². The van der Waals surface area contributed by atoms with Gasteiger partial charge in [-0.2, -0.15) is 0 Å². The molecule has 0 spiro atoms. The van der Waals surface area contributed by atoms with Crippen LogP contribution in [0.15, 0.2) is 42.5 Å². The zero-order valence-corrected chi connectivity index (χ0v) is 16.6. The Morgan fingerprint density at radius 2 is 1.73 bits per heavy atom. The number of fused-ring (bicyclic) bond motifs is 1. The molecule has 0 bridgehead atoms. The molecule has 1 aliphatic heterocycles. The highest BCUT2D eigenvalue weighted by atomic mass is 19.1. The van der Waals surface area contributed by atoms with Gasteiger partial charge in [-0.3, -0.25) is 4.79 Å². The Bertz CT molecular complexity index is 1050. The highest BCUT2D eigenvalue weighted by Gasteiger charge is 2.28. The van der Waals surface area contributed by atoms with Gasteiger partial charge in [-0.1, -0.05) is 12.1 Å². The number of carbonyl (C=O) groups excluding carboxylic acids is 1. The van der Waals surface area contributed by atoms with E-state index in [4.69, 9.17) is 9.72 Å². The number of para-hydroxylation sites is 2. The van der Waals surface area contributed by atoms with Crippen molar-refractivity contribution in [1.29, 1.82) is 0 Å². The Labute approximate surface area is 172 Å². The smallest absolute Gasteiger partial charge is 0.258 e. The van der Waals surface area contributed by atoms with Gasteiger partial charge in [0.05, 0.1) is 17.6 Å². The van der Waals surface area contributed by atoms with Crippen molar-refractivity contribution in [2.45, 2.75) is 19.8 Å². The van der Waals surface area contributed by atoms with Crippen LogP contribution in [0.3, 0.4) is 0 Å². The molecule has 0 saturated carbocycles. The molecule has 4 rings (SSSR count). The van der Waals surface area contributed by atoms with Crippen molar-refractivity contribution in [3.63, 3.8) is 0 Å². The Kier molecular flexibility index (Phi) is 5.74. The molecule has 2 heterocycles. The van der Waals surface area contributed by atoms with E-state index in [0.717, 1.165) is 29.2 Å². The molecule has 1 amide bonds. The van der Waals surface area contributed by atoms with Gasteiger partial charge in [-0.25, -0.2) is 18.7 Å². The van der Waals surface area contributed by atoms with Gasteiger partial charge in [0.15, 0.2) is 5.82 Å². The maximum atomic E-state index is 13.3. The summed E-state index contributed by atoms with van der Waals surface area (Å²) in [5.74, 6) is -0.793. The zero-order chi connectivity index (χ0) is 21.1. The van der Waals surface area contributed by atoms with Crippen LogP contribution in [-0.2, 0) is 4.79 Å². The minimum absolute atomic E-state index is 0.124. The number of benzene rings is 2. The number of hydrogen-bond acceptors (Lipinski definition) is 5. The topological polar surface area (TPSA) is 67.4 Å². The summed E-state index contributed by atoms with van der Waals surface area (Å²) in [6.45, 7) is 3.57. The molecule has 3 aromatic rings. The minimum Gasteiger partial charge on any atom is -0.475 e. The molecule has 0 unspecified atom stereocenters. The molecule has 1 N–H and O–H groups in total. The highest BCUT2D eigenvalue weighted by Crippen LogP contribution is 2.31. The largest absolute Gasteiger partial charge is 0.475 e. The number of halogens is 2. The lowest BCUT2D eigenvalue weighted by atomic mass is 9.95. The molecule has 30 heavy (non-hydrogen) atoms. The summed E-state index contributed by atoms with van der Waals surface area (Å²) < 4.78 is 32.4. The van der Waals surface area contributed by atoms with E-state index in [2.05, 4.69) is 15.2 Å². The third-order valence-corrected chi connectivity index (χ3v) is 5.10. The quantitative estimate of drug-likeness (QED) is 0.682. The number of hydrogen-bond donors (Lipinski definition) is 1. The lowest BCUT2D eigenvalue weighted by Gasteiger charge is -2.32. The maximum absolute atomic E-state index is 13.3. The van der Waals surface area contributed by atoms with Crippen molar-refractivity contribution < 1.29 is 18.3 Å². The highest BCUT2D eigenvalue weighted by molar-refractivity contribution is 5.92. The summed E-state index contributed by atoms with van der Waals surface area (Å²) in [5.41, 5.74) is 1.67. The fourth-order valence-electron chi connectivity index (χ4n) is 3.64. The van der Waals surface area contributed by atoms with Crippen molar-refractivity contribution in [2.24, 2.45) is 5.92 Å². The van der Waals surface area contributed by atoms with Crippen LogP contribution >= 0.6 is 0 Å². The van der Waals surface area contributed by atoms with E-state index < -0.39 is 11.6 Å². The van der Waals surface area contributed by atoms with E-state index in [1.165, 1.54) is 0 Å². The van der Waals surface area contributed by atoms with Crippen LogP contribution in [0.25, 0.3) is 11.0 Å². The third-order valence-electron chi connectivity index (χ3n) is 5.10. The summed E-state index contributed by atoms with van der Waals surface area (Å²) in [5, 5.41) is 2.61. The monoisotopic (exact) mass is 412 g/mol. The average Bonchev–Trinajstić information content (AvgIpc) is 2.73. The summed E-state index contributed by atoms with van der Waals surface area (Å²) in [7, 11) is 0. The first-order chi connectivity index (χ1) is 14.5. The molecule has 6 nitrogen and oxygen atoms in total. The van der Waals surface area contributed by atoms with Gasteiger partial charge in [-0.15, -0.1) is 0 Å². The van der Waals surface area contributed by atoms with Gasteiger partial charge in [0, 0.05) is 30.8 Å². The zero-order valence-electron chi connectivity index (χ0n) is 16.6. The summed E-state index contributed by atoms with van der Waals surface area (Å²) in [6.07, 6.45) is 1.17. The number of aromatic nitrogens is 2. The SMILES string of the molecule is CCOc1nc2ccccc2nc1N1CCC(C(=O)Nc2cc(F)cc(F)c2)CC1. The van der Waals surface area contributed by atoms with Crippen LogP contribution in [-0.4, -0.2) is 35.6 Å². The Balaban J connectivity index is 1.46. The number of piperidine rings is 1. The second-order valence-electron chi connectivity index (χ2n) is 7.18. The third kappa shape index (κ3) is 4.32. The molecule has 1 fully saturated rings. The van der Waals surface area contributed by atoms with Gasteiger partial charge >= 0.3 is 0 Å². The van der Waals surface area contributed by atoms with Crippen LogP contribution in [0, 0.1) is 17.6 Å². The number of anilines is 2. The van der Waals surface area contributed by atoms with Crippen LogP contribution in [0.4, 0.5) is 20.3 Å². The Morgan fingerprint density at radius 1 is 1.10 bits per heavy atom. The molecular formula is C22H22F2N4O2. The molecule has 8 heteroatoms. The van der Waals surface area contributed by atoms with Gasteiger partial charge in [0.2, 0.25) is 5.91 Å². The normalized spacial score (nSPS) is 14.7. The summed E-state index contributed by atoms with van der Waals surface area (Å²) in [6, 6.07) is 10.6. The molecule has 1 aliphatic rings. The van der Waals surface area contributed by atoms with E-state index in [1.807, 2.05) is 31.2 Å². The first-order valence-electron chi connectivity index (χ1n) is 9.95. The molecule has 2 aromatic carbocycles. The number of carbonyl (C=O) groups is 1. The summed E-state index contributed by atoms with van der Waals surface area (Å²) >= 11 is 0. The van der Waals surface area contributed by atoms with Crippen molar-refractivity contribution in [3.8, 4) is 5.88 Å². The lowest BCUT2D eigenvalue weighted by molar-refractivity contribution is -0.120. The predicted octanol–water partition coefficient (Wildman–Crippen LogP) is 4.16. The molecule has 1 saturated heterocycles. The number of amides is 1. The van der Waals surface area contributed by atoms with Crippen LogP contribution in [0.1, 0.15) is 19.8 Å². The fraction of sp³-hybridized carbons (Fsp3) is 0.318. The second kappa shape index (κ2) is 8.61. The van der Waals surface area contributed by atoms with E-state index in [0.29, 0.717) is 44.2 Å². The number of nitrogens with one attached hydrogen (secondary N) is 1. The second-order valence-corrected chi connectivity index (χ2v) is 7.18. The van der Waals surface area contributed by atoms with Crippen molar-refractivity contribution in [3.05, 3.63) is 54.1 Å². The van der Waals surface area contributed by atoms with E-state index in [-0.39, 0.29) is 17.5 Å². The average molecular weight is 412 g/mol. The first kappa shape index (κ1) is 20.0. The van der Waals surface area contributed by atoms with Gasteiger partial charge in [0.25, 0.3) is 5.88 Å². The summed E-state index contributed by atoms with van der Waals surface area (Å²) in [4.78, 5) is 23.9. The standard InChI is InChI=1S/C22H22F2N4O2/c1-2-30-22-20(26-18-5-3-4-6-19(18)27-22)28-9-7-14(8-10-28)21(29)25-17-12-15(23)11-16(24)13-17/h3-6,11-14H,2,7-10H2,1H3,(H,25,29).